The highest BCUT2D eigenvalue weighted by Crippen LogP contribution is 2.32. The van der Waals surface area contributed by atoms with Gasteiger partial charge in [0.25, 0.3) is 0 Å². The van der Waals surface area contributed by atoms with Gasteiger partial charge in [0.1, 0.15) is 17.9 Å². The van der Waals surface area contributed by atoms with E-state index >= 15 is 0 Å². The van der Waals surface area contributed by atoms with E-state index in [0.29, 0.717) is 12.2 Å². The number of nitrogens with zero attached hydrogens (tertiary/aromatic N) is 1. The summed E-state index contributed by atoms with van der Waals surface area (Å²) in [5.41, 5.74) is 1.74. The van der Waals surface area contributed by atoms with E-state index in [4.69, 9.17) is 4.42 Å². The van der Waals surface area contributed by atoms with Gasteiger partial charge in [-0.15, -0.1) is 0 Å². The second kappa shape index (κ2) is 6.26. The molecule has 0 bridgehead atoms. The first kappa shape index (κ1) is 15.3. The Labute approximate surface area is 133 Å². The number of furan rings is 1. The van der Waals surface area contributed by atoms with Crippen molar-refractivity contribution in [1.82, 2.24) is 5.32 Å². The number of benzene rings is 1. The Kier molecular flexibility index (Phi) is 4.16. The highest BCUT2D eigenvalue weighted by Gasteiger charge is 2.36. The van der Waals surface area contributed by atoms with Gasteiger partial charge in [0.2, 0.25) is 11.8 Å². The number of hydrogen-bond donors (Lipinski definition) is 2. The second-order valence-electron chi connectivity index (χ2n) is 5.51. The maximum absolute atomic E-state index is 12.5. The molecule has 2 amide bonds. The van der Waals surface area contributed by atoms with Crippen molar-refractivity contribution in [3.8, 4) is 0 Å². The number of hydrogen-bond acceptors (Lipinski definition) is 4. The molecule has 0 radical (unpaired) electrons. The molecule has 0 spiro atoms. The predicted molar refractivity (Wildman–Crippen MR) is 83.8 cm³/mol. The average Bonchev–Trinajstić information content (AvgIpc) is 3.19. The fourth-order valence-electron chi connectivity index (χ4n) is 2.88. The van der Waals surface area contributed by atoms with Gasteiger partial charge in [0, 0.05) is 19.0 Å². The van der Waals surface area contributed by atoms with Crippen molar-refractivity contribution in [2.24, 2.45) is 0 Å². The van der Waals surface area contributed by atoms with Gasteiger partial charge < -0.3 is 14.8 Å². The maximum atomic E-state index is 12.5. The summed E-state index contributed by atoms with van der Waals surface area (Å²) in [5.74, 6) is -0.0767. The third-order valence-electron chi connectivity index (χ3n) is 3.96. The monoisotopic (exact) mass is 314 g/mol. The van der Waals surface area contributed by atoms with Crippen molar-refractivity contribution in [1.29, 1.82) is 0 Å². The number of rotatable bonds is 4. The van der Waals surface area contributed by atoms with Crippen LogP contribution in [0.2, 0.25) is 0 Å². The number of carbonyl (C=O) groups is 2. The number of amides is 2. The van der Waals surface area contributed by atoms with Crippen LogP contribution in [0.15, 0.2) is 47.1 Å². The molecule has 1 aliphatic rings. The summed E-state index contributed by atoms with van der Waals surface area (Å²) in [6.45, 7) is 1.48. The van der Waals surface area contributed by atoms with Gasteiger partial charge in [0.15, 0.2) is 0 Å². The first-order valence-corrected chi connectivity index (χ1v) is 7.45. The number of para-hydroxylation sites is 1. The summed E-state index contributed by atoms with van der Waals surface area (Å²) in [5, 5.41) is 12.7. The molecule has 0 saturated heterocycles. The van der Waals surface area contributed by atoms with E-state index < -0.39 is 12.1 Å². The minimum Gasteiger partial charge on any atom is -0.467 e. The summed E-state index contributed by atoms with van der Waals surface area (Å²) >= 11 is 0. The number of anilines is 1. The predicted octanol–water partition coefficient (Wildman–Crippen LogP) is 1.41. The highest BCUT2D eigenvalue weighted by atomic mass is 16.4. The summed E-state index contributed by atoms with van der Waals surface area (Å²) < 4.78 is 5.10. The van der Waals surface area contributed by atoms with Crippen molar-refractivity contribution in [2.45, 2.75) is 25.5 Å². The van der Waals surface area contributed by atoms with Crippen molar-refractivity contribution in [2.75, 3.05) is 11.4 Å². The van der Waals surface area contributed by atoms with E-state index in [9.17, 15) is 14.7 Å². The van der Waals surface area contributed by atoms with Crippen LogP contribution < -0.4 is 10.2 Å². The molecule has 2 N–H and O–H groups in total. The van der Waals surface area contributed by atoms with Gasteiger partial charge in [-0.2, -0.15) is 0 Å². The van der Waals surface area contributed by atoms with Crippen LogP contribution in [0.1, 0.15) is 24.4 Å². The van der Waals surface area contributed by atoms with Crippen molar-refractivity contribution in [3.63, 3.8) is 0 Å². The maximum Gasteiger partial charge on any atom is 0.243 e. The SMILES string of the molecule is CC(=O)N1c2ccccc2C[C@H]1C(=O)NCC(O)c1ccco1. The minimum atomic E-state index is -0.913. The molecule has 3 rings (SSSR count). The van der Waals surface area contributed by atoms with Gasteiger partial charge in [-0.3, -0.25) is 14.5 Å². The van der Waals surface area contributed by atoms with E-state index in [1.807, 2.05) is 24.3 Å². The number of fused-ring (bicyclic) bond motifs is 1. The lowest BCUT2D eigenvalue weighted by Crippen LogP contribution is -2.48. The summed E-state index contributed by atoms with van der Waals surface area (Å²) in [6.07, 6.45) is 1.02. The van der Waals surface area contributed by atoms with Crippen LogP contribution in [-0.4, -0.2) is 29.5 Å². The molecular formula is C17H18N2O4. The lowest BCUT2D eigenvalue weighted by Gasteiger charge is -2.23. The lowest BCUT2D eigenvalue weighted by atomic mass is 10.1. The Hall–Kier alpha value is -2.60. The number of aliphatic hydroxyl groups excluding tert-OH is 1. The standard InChI is InChI=1S/C17H18N2O4/c1-11(20)19-13-6-3-2-5-12(13)9-14(19)17(22)18-10-15(21)16-7-4-8-23-16/h2-8,14-15,21H,9-10H2,1H3,(H,18,22)/t14-,15?/m0/s1. The Morgan fingerprint density at radius 3 is 2.83 bits per heavy atom. The smallest absolute Gasteiger partial charge is 0.243 e. The molecule has 0 saturated carbocycles. The Balaban J connectivity index is 1.69. The molecule has 1 aromatic heterocycles. The molecule has 1 aliphatic heterocycles. The number of nitrogens with one attached hydrogen (secondary N) is 1. The third kappa shape index (κ3) is 2.98. The summed E-state index contributed by atoms with van der Waals surface area (Å²) in [7, 11) is 0. The van der Waals surface area contributed by atoms with E-state index in [1.54, 1.807) is 12.1 Å². The van der Waals surface area contributed by atoms with Gasteiger partial charge in [-0.05, 0) is 23.8 Å². The molecule has 120 valence electrons. The molecule has 0 aliphatic carbocycles. The van der Waals surface area contributed by atoms with Crippen molar-refractivity contribution < 1.29 is 19.1 Å². The number of carbonyl (C=O) groups excluding carboxylic acids is 2. The number of aliphatic hydroxyl groups is 1. The van der Waals surface area contributed by atoms with Crippen LogP contribution in [0.4, 0.5) is 5.69 Å². The fourth-order valence-corrected chi connectivity index (χ4v) is 2.88. The molecular weight excluding hydrogens is 296 g/mol. The lowest BCUT2D eigenvalue weighted by molar-refractivity contribution is -0.125. The molecule has 6 heteroatoms. The first-order chi connectivity index (χ1) is 11.1. The van der Waals surface area contributed by atoms with E-state index in [0.717, 1.165) is 11.3 Å². The molecule has 2 atom stereocenters. The van der Waals surface area contributed by atoms with Crippen LogP contribution in [0.5, 0.6) is 0 Å². The molecule has 6 nitrogen and oxygen atoms in total. The van der Waals surface area contributed by atoms with Crippen LogP contribution >= 0.6 is 0 Å². The van der Waals surface area contributed by atoms with Gasteiger partial charge in [0.05, 0.1) is 12.8 Å². The topological polar surface area (TPSA) is 82.8 Å². The second-order valence-corrected chi connectivity index (χ2v) is 5.51. The van der Waals surface area contributed by atoms with Gasteiger partial charge >= 0.3 is 0 Å². The summed E-state index contributed by atoms with van der Waals surface area (Å²) in [6, 6.07) is 10.2. The van der Waals surface area contributed by atoms with Crippen LogP contribution in [0.3, 0.4) is 0 Å². The molecule has 2 aromatic rings. The first-order valence-electron chi connectivity index (χ1n) is 7.45. The average molecular weight is 314 g/mol. The molecule has 1 unspecified atom stereocenters. The largest absolute Gasteiger partial charge is 0.467 e. The Bertz CT molecular complexity index is 711. The quantitative estimate of drug-likeness (QED) is 0.894. The van der Waals surface area contributed by atoms with E-state index in [-0.39, 0.29) is 18.4 Å². The molecule has 1 aromatic carbocycles. The van der Waals surface area contributed by atoms with Crippen LogP contribution in [-0.2, 0) is 16.0 Å². The Morgan fingerprint density at radius 2 is 2.13 bits per heavy atom. The molecule has 2 heterocycles. The van der Waals surface area contributed by atoms with Crippen molar-refractivity contribution in [3.05, 3.63) is 54.0 Å². The van der Waals surface area contributed by atoms with Gasteiger partial charge in [-0.25, -0.2) is 0 Å². The zero-order chi connectivity index (χ0) is 16.4. The van der Waals surface area contributed by atoms with Crippen LogP contribution in [0.25, 0.3) is 0 Å². The van der Waals surface area contributed by atoms with Crippen molar-refractivity contribution >= 4 is 17.5 Å². The zero-order valence-corrected chi connectivity index (χ0v) is 12.7. The third-order valence-corrected chi connectivity index (χ3v) is 3.96. The molecule has 0 fully saturated rings. The van der Waals surface area contributed by atoms with E-state index in [1.165, 1.54) is 18.1 Å². The minimum absolute atomic E-state index is 0.0327. The van der Waals surface area contributed by atoms with Crippen LogP contribution in [0, 0.1) is 0 Å². The zero-order valence-electron chi connectivity index (χ0n) is 12.7. The Morgan fingerprint density at radius 1 is 1.35 bits per heavy atom. The van der Waals surface area contributed by atoms with E-state index in [2.05, 4.69) is 5.32 Å². The molecule has 23 heavy (non-hydrogen) atoms. The normalized spacial score (nSPS) is 17.7. The summed E-state index contributed by atoms with van der Waals surface area (Å²) in [4.78, 5) is 25.9. The van der Waals surface area contributed by atoms with Gasteiger partial charge in [-0.1, -0.05) is 18.2 Å². The fraction of sp³-hybridized carbons (Fsp3) is 0.294. The highest BCUT2D eigenvalue weighted by molar-refractivity contribution is 6.02.